The highest BCUT2D eigenvalue weighted by molar-refractivity contribution is 7.89. The van der Waals surface area contributed by atoms with Gasteiger partial charge in [-0.3, -0.25) is 10.1 Å². The van der Waals surface area contributed by atoms with Crippen LogP contribution in [0.4, 0.5) is 5.13 Å². The molecule has 0 fully saturated rings. The van der Waals surface area contributed by atoms with Crippen molar-refractivity contribution in [3.05, 3.63) is 63.5 Å². The SMILES string of the molecule is N#CCCN(CCC#N)S(=O)(=O)c1ccc(C(=O)Nc2nc(-c3ccc(Cl)c(Cl)c3)cs2)cc1. The number of nitriles is 2. The predicted octanol–water partition coefficient (Wildman–Crippen LogP) is 5.19. The summed E-state index contributed by atoms with van der Waals surface area (Å²) in [5, 5.41) is 23.2. The summed E-state index contributed by atoms with van der Waals surface area (Å²) in [7, 11) is -3.91. The van der Waals surface area contributed by atoms with Gasteiger partial charge in [0, 0.05) is 42.4 Å². The fourth-order valence-corrected chi connectivity index (χ4v) is 5.37. The molecule has 8 nitrogen and oxygen atoms in total. The monoisotopic (exact) mass is 533 g/mol. The quantitative estimate of drug-likeness (QED) is 0.403. The van der Waals surface area contributed by atoms with Crippen molar-refractivity contribution >= 4 is 55.6 Å². The molecule has 3 rings (SSSR count). The first-order chi connectivity index (χ1) is 16.3. The maximum absolute atomic E-state index is 12.9. The number of carbonyl (C=O) groups is 1. The Morgan fingerprint density at radius 1 is 1.03 bits per heavy atom. The number of nitrogens with one attached hydrogen (secondary N) is 1. The summed E-state index contributed by atoms with van der Waals surface area (Å²) in [4.78, 5) is 17.0. The van der Waals surface area contributed by atoms with Crippen molar-refractivity contribution in [3.8, 4) is 23.4 Å². The Morgan fingerprint density at radius 3 is 2.26 bits per heavy atom. The van der Waals surface area contributed by atoms with Gasteiger partial charge in [0.05, 0.1) is 32.8 Å². The van der Waals surface area contributed by atoms with E-state index in [1.54, 1.807) is 23.6 Å². The average Bonchev–Trinajstić information content (AvgIpc) is 3.29. The molecule has 1 heterocycles. The molecular weight excluding hydrogens is 517 g/mol. The number of nitrogens with zero attached hydrogens (tertiary/aromatic N) is 4. The minimum atomic E-state index is -3.91. The van der Waals surface area contributed by atoms with E-state index in [1.807, 2.05) is 12.1 Å². The van der Waals surface area contributed by atoms with Crippen molar-refractivity contribution in [1.29, 1.82) is 10.5 Å². The summed E-state index contributed by atoms with van der Waals surface area (Å²) in [6.45, 7) is -0.0398. The molecule has 1 N–H and O–H groups in total. The van der Waals surface area contributed by atoms with Crippen LogP contribution < -0.4 is 5.32 Å². The number of hydrogen-bond donors (Lipinski definition) is 1. The molecule has 174 valence electrons. The summed E-state index contributed by atoms with van der Waals surface area (Å²) in [5.41, 5.74) is 1.61. The number of amides is 1. The number of sulfonamides is 1. The van der Waals surface area contributed by atoms with Crippen LogP contribution in [-0.2, 0) is 10.0 Å². The third kappa shape index (κ3) is 6.11. The van der Waals surface area contributed by atoms with Crippen molar-refractivity contribution < 1.29 is 13.2 Å². The van der Waals surface area contributed by atoms with E-state index in [2.05, 4.69) is 10.3 Å². The van der Waals surface area contributed by atoms with Gasteiger partial charge in [0.1, 0.15) is 0 Å². The first kappa shape index (κ1) is 25.6. The summed E-state index contributed by atoms with van der Waals surface area (Å²) >= 11 is 13.2. The number of benzene rings is 2. The van der Waals surface area contributed by atoms with Crippen LogP contribution >= 0.6 is 34.5 Å². The van der Waals surface area contributed by atoms with Gasteiger partial charge in [0.2, 0.25) is 10.0 Å². The number of aromatic nitrogens is 1. The highest BCUT2D eigenvalue weighted by Gasteiger charge is 2.24. The van der Waals surface area contributed by atoms with Crippen molar-refractivity contribution in [2.75, 3.05) is 18.4 Å². The molecule has 1 amide bonds. The van der Waals surface area contributed by atoms with Gasteiger partial charge in [0.25, 0.3) is 5.91 Å². The Hall–Kier alpha value is -2.99. The Morgan fingerprint density at radius 2 is 1.68 bits per heavy atom. The van der Waals surface area contributed by atoms with E-state index in [9.17, 15) is 13.2 Å². The molecule has 0 bridgehead atoms. The van der Waals surface area contributed by atoms with Crippen molar-refractivity contribution in [3.63, 3.8) is 0 Å². The van der Waals surface area contributed by atoms with Gasteiger partial charge in [-0.05, 0) is 36.4 Å². The van der Waals surface area contributed by atoms with E-state index in [0.717, 1.165) is 9.87 Å². The first-order valence-corrected chi connectivity index (χ1v) is 12.9. The lowest BCUT2D eigenvalue weighted by atomic mass is 10.2. The minimum absolute atomic E-state index is 0.00315. The van der Waals surface area contributed by atoms with Crippen LogP contribution in [0.2, 0.25) is 10.0 Å². The molecule has 0 atom stereocenters. The molecule has 0 aliphatic heterocycles. The maximum Gasteiger partial charge on any atom is 0.257 e. The normalized spacial score (nSPS) is 11.1. The molecule has 12 heteroatoms. The molecule has 34 heavy (non-hydrogen) atoms. The van der Waals surface area contributed by atoms with Crippen LogP contribution in [0, 0.1) is 22.7 Å². The van der Waals surface area contributed by atoms with E-state index >= 15 is 0 Å². The zero-order valence-electron chi connectivity index (χ0n) is 17.5. The fraction of sp³-hybridized carbons (Fsp3) is 0.182. The lowest BCUT2D eigenvalue weighted by molar-refractivity contribution is 0.102. The zero-order chi connectivity index (χ0) is 24.7. The summed E-state index contributed by atoms with van der Waals surface area (Å²) in [6.07, 6.45) is 0.00630. The van der Waals surface area contributed by atoms with Crippen molar-refractivity contribution in [2.24, 2.45) is 0 Å². The lowest BCUT2D eigenvalue weighted by Gasteiger charge is -2.20. The molecule has 3 aromatic rings. The third-order valence-electron chi connectivity index (χ3n) is 4.64. The number of carbonyl (C=O) groups excluding carboxylic acids is 1. The number of halogens is 2. The van der Waals surface area contributed by atoms with E-state index in [-0.39, 0.29) is 36.4 Å². The molecule has 0 radical (unpaired) electrons. The fourth-order valence-electron chi connectivity index (χ4n) is 2.92. The Balaban J connectivity index is 1.72. The first-order valence-electron chi connectivity index (χ1n) is 9.82. The zero-order valence-corrected chi connectivity index (χ0v) is 20.7. The van der Waals surface area contributed by atoms with Crippen molar-refractivity contribution in [2.45, 2.75) is 17.7 Å². The van der Waals surface area contributed by atoms with Crippen molar-refractivity contribution in [1.82, 2.24) is 9.29 Å². The van der Waals surface area contributed by atoms with Gasteiger partial charge < -0.3 is 0 Å². The number of thiazole rings is 1. The van der Waals surface area contributed by atoms with Crippen LogP contribution in [0.15, 0.2) is 52.7 Å². The second-order valence-corrected chi connectivity index (χ2v) is 10.5. The van der Waals surface area contributed by atoms with Gasteiger partial charge in [-0.2, -0.15) is 14.8 Å². The van der Waals surface area contributed by atoms with E-state index in [4.69, 9.17) is 33.7 Å². The number of hydrogen-bond acceptors (Lipinski definition) is 7. The lowest BCUT2D eigenvalue weighted by Crippen LogP contribution is -2.32. The highest BCUT2D eigenvalue weighted by Crippen LogP contribution is 2.30. The number of anilines is 1. The highest BCUT2D eigenvalue weighted by atomic mass is 35.5. The summed E-state index contributed by atoms with van der Waals surface area (Å²) in [5.74, 6) is -0.454. The molecule has 0 spiro atoms. The van der Waals surface area contributed by atoms with E-state index in [0.29, 0.717) is 20.9 Å². The predicted molar refractivity (Wildman–Crippen MR) is 131 cm³/mol. The minimum Gasteiger partial charge on any atom is -0.298 e. The Labute approximate surface area is 211 Å². The third-order valence-corrected chi connectivity index (χ3v) is 8.05. The van der Waals surface area contributed by atoms with E-state index < -0.39 is 15.9 Å². The van der Waals surface area contributed by atoms with Gasteiger partial charge in [-0.25, -0.2) is 13.4 Å². The topological polar surface area (TPSA) is 127 Å². The van der Waals surface area contributed by atoms with E-state index in [1.165, 1.54) is 35.6 Å². The van der Waals surface area contributed by atoms with Crippen LogP contribution in [0.3, 0.4) is 0 Å². The molecule has 2 aromatic carbocycles. The molecule has 0 aliphatic rings. The summed E-state index contributed by atoms with van der Waals surface area (Å²) in [6, 6.07) is 14.3. The van der Waals surface area contributed by atoms with Crippen LogP contribution in [0.25, 0.3) is 11.3 Å². The van der Waals surface area contributed by atoms with Gasteiger partial charge in [-0.1, -0.05) is 29.3 Å². The van der Waals surface area contributed by atoms with Crippen LogP contribution in [0.1, 0.15) is 23.2 Å². The van der Waals surface area contributed by atoms with Gasteiger partial charge >= 0.3 is 0 Å². The maximum atomic E-state index is 12.9. The largest absolute Gasteiger partial charge is 0.298 e. The van der Waals surface area contributed by atoms with Gasteiger partial charge in [0.15, 0.2) is 5.13 Å². The molecule has 0 saturated heterocycles. The van der Waals surface area contributed by atoms with Crippen LogP contribution in [-0.4, -0.2) is 36.7 Å². The Bertz CT molecular complexity index is 1360. The van der Waals surface area contributed by atoms with Gasteiger partial charge in [-0.15, -0.1) is 11.3 Å². The molecular formula is C22H17Cl2N5O3S2. The molecule has 1 aromatic heterocycles. The standard InChI is InChI=1S/C22H17Cl2N5O3S2/c23-18-8-5-16(13-19(18)24)20-14-33-22(27-20)28-21(30)15-3-6-17(7-4-15)34(31,32)29(11-1-9-25)12-2-10-26/h3-8,13-14H,1-2,11-12H2,(H,27,28,30). The number of rotatable bonds is 9. The molecule has 0 saturated carbocycles. The summed E-state index contributed by atoms with van der Waals surface area (Å²) < 4.78 is 26.9. The average molecular weight is 534 g/mol. The molecule has 0 unspecified atom stereocenters. The molecule has 0 aliphatic carbocycles. The van der Waals surface area contributed by atoms with Crippen LogP contribution in [0.5, 0.6) is 0 Å². The Kier molecular flexibility index (Phi) is 8.61. The smallest absolute Gasteiger partial charge is 0.257 e. The second-order valence-electron chi connectivity index (χ2n) is 6.87. The second kappa shape index (κ2) is 11.4.